The number of hydrogen-bond acceptors (Lipinski definition) is 4. The first-order valence-corrected chi connectivity index (χ1v) is 10.2. The van der Waals surface area contributed by atoms with Gasteiger partial charge in [-0.2, -0.15) is 0 Å². The Hall–Kier alpha value is -1.75. The number of fused-ring (bicyclic) bond motifs is 1. The van der Waals surface area contributed by atoms with Crippen LogP contribution in [-0.4, -0.2) is 42.2 Å². The molecular weight excluding hydrogens is 342 g/mol. The molecule has 0 radical (unpaired) electrons. The van der Waals surface area contributed by atoms with Crippen molar-refractivity contribution in [2.75, 3.05) is 25.5 Å². The molecule has 0 saturated carbocycles. The zero-order valence-corrected chi connectivity index (χ0v) is 17.5. The molecule has 3 rings (SSSR count). The van der Waals surface area contributed by atoms with E-state index in [1.165, 1.54) is 23.0 Å². The maximum atomic E-state index is 12.4. The van der Waals surface area contributed by atoms with E-state index >= 15 is 0 Å². The number of aliphatic imine (C=N–C) groups is 1. The second kappa shape index (κ2) is 7.10. The number of amides is 1. The highest BCUT2D eigenvalue weighted by molar-refractivity contribution is 8.18. The minimum absolute atomic E-state index is 0.0233. The van der Waals surface area contributed by atoms with E-state index in [1.54, 1.807) is 19.0 Å². The third-order valence-corrected chi connectivity index (χ3v) is 6.50. The first-order valence-electron chi connectivity index (χ1n) is 9.34. The molecule has 0 spiro atoms. The molecule has 0 N–H and O–H groups in total. The number of rotatable bonds is 3. The summed E-state index contributed by atoms with van der Waals surface area (Å²) < 4.78 is 0. The molecule has 1 unspecified atom stereocenters. The Morgan fingerprint density at radius 2 is 2.12 bits per heavy atom. The zero-order valence-electron chi connectivity index (χ0n) is 16.7. The Labute approximate surface area is 161 Å². The average molecular weight is 372 g/mol. The molecule has 140 valence electrons. The van der Waals surface area contributed by atoms with Crippen LogP contribution in [0.5, 0.6) is 0 Å². The van der Waals surface area contributed by atoms with Gasteiger partial charge in [-0.05, 0) is 73.7 Å². The van der Waals surface area contributed by atoms with Crippen LogP contribution in [0, 0.1) is 0 Å². The van der Waals surface area contributed by atoms with Gasteiger partial charge in [0, 0.05) is 31.9 Å². The number of benzene rings is 1. The molecule has 2 heterocycles. The zero-order chi connectivity index (χ0) is 19.1. The number of carbonyl (C=O) groups is 1. The maximum Gasteiger partial charge on any atom is 0.266 e. The lowest BCUT2D eigenvalue weighted by molar-refractivity contribution is -0.121. The number of nitrogens with zero attached hydrogens (tertiary/aromatic N) is 3. The summed E-state index contributed by atoms with van der Waals surface area (Å²) in [7, 11) is 3.50. The van der Waals surface area contributed by atoms with Crippen molar-refractivity contribution < 1.29 is 4.79 Å². The summed E-state index contributed by atoms with van der Waals surface area (Å²) in [6.07, 6.45) is 4.28. The number of carbonyl (C=O) groups excluding carboxylic acids is 1. The number of amidine groups is 1. The molecule has 2 aliphatic rings. The summed E-state index contributed by atoms with van der Waals surface area (Å²) in [6.45, 7) is 10.3. The Morgan fingerprint density at radius 3 is 2.73 bits per heavy atom. The minimum atomic E-state index is 0.0233. The molecule has 2 aliphatic heterocycles. The monoisotopic (exact) mass is 371 g/mol. The van der Waals surface area contributed by atoms with Crippen LogP contribution in [0.1, 0.15) is 57.6 Å². The smallest absolute Gasteiger partial charge is 0.266 e. The van der Waals surface area contributed by atoms with Crippen molar-refractivity contribution in [2.24, 2.45) is 4.99 Å². The lowest BCUT2D eigenvalue weighted by Crippen LogP contribution is -2.48. The summed E-state index contributed by atoms with van der Waals surface area (Å²) in [6, 6.07) is 6.63. The number of thioether (sulfide) groups is 1. The van der Waals surface area contributed by atoms with Crippen molar-refractivity contribution in [3.8, 4) is 0 Å². The second-order valence-electron chi connectivity index (χ2n) is 7.87. The van der Waals surface area contributed by atoms with Gasteiger partial charge in [-0.3, -0.25) is 14.7 Å². The minimum Gasteiger partial charge on any atom is -0.366 e. The molecule has 0 aliphatic carbocycles. The predicted molar refractivity (Wildman–Crippen MR) is 113 cm³/mol. The summed E-state index contributed by atoms with van der Waals surface area (Å²) in [5.74, 6) is 0.531. The average Bonchev–Trinajstić information content (AvgIpc) is 2.86. The quantitative estimate of drug-likeness (QED) is 0.721. The Morgan fingerprint density at radius 1 is 1.38 bits per heavy atom. The third kappa shape index (κ3) is 3.29. The highest BCUT2D eigenvalue weighted by atomic mass is 32.2. The van der Waals surface area contributed by atoms with Gasteiger partial charge < -0.3 is 4.90 Å². The molecule has 1 aromatic rings. The molecule has 1 saturated heterocycles. The summed E-state index contributed by atoms with van der Waals surface area (Å²) >= 11 is 1.45. The van der Waals surface area contributed by atoms with Crippen LogP contribution < -0.4 is 4.90 Å². The van der Waals surface area contributed by atoms with Crippen LogP contribution in [0.15, 0.2) is 28.1 Å². The van der Waals surface area contributed by atoms with Gasteiger partial charge in [-0.15, -0.1) is 0 Å². The van der Waals surface area contributed by atoms with Crippen molar-refractivity contribution in [1.82, 2.24) is 4.90 Å². The van der Waals surface area contributed by atoms with Crippen LogP contribution >= 0.6 is 11.8 Å². The van der Waals surface area contributed by atoms with Gasteiger partial charge in [0.1, 0.15) is 0 Å². The highest BCUT2D eigenvalue weighted by Crippen LogP contribution is 2.44. The summed E-state index contributed by atoms with van der Waals surface area (Å²) in [4.78, 5) is 21.5. The van der Waals surface area contributed by atoms with Gasteiger partial charge in [0.15, 0.2) is 5.17 Å². The van der Waals surface area contributed by atoms with Gasteiger partial charge in [-0.25, -0.2) is 0 Å². The van der Waals surface area contributed by atoms with E-state index < -0.39 is 0 Å². The second-order valence-corrected chi connectivity index (χ2v) is 8.88. The first kappa shape index (κ1) is 19.0. The van der Waals surface area contributed by atoms with Crippen LogP contribution in [-0.2, 0) is 4.79 Å². The maximum absolute atomic E-state index is 12.4. The van der Waals surface area contributed by atoms with Crippen LogP contribution in [0.4, 0.5) is 5.69 Å². The third-order valence-electron chi connectivity index (χ3n) is 5.35. The van der Waals surface area contributed by atoms with Gasteiger partial charge in [0.2, 0.25) is 0 Å². The van der Waals surface area contributed by atoms with Gasteiger partial charge in [0.25, 0.3) is 5.91 Å². The fourth-order valence-corrected chi connectivity index (χ4v) is 5.07. The Bertz CT molecular complexity index is 781. The molecule has 1 aromatic carbocycles. The Balaban J connectivity index is 1.98. The SMILES string of the molecule is CCCN1c2ccc(/C=C3/SC(=NC)N(C)C3=O)cc2C(C)CC1(C)C. The van der Waals surface area contributed by atoms with E-state index in [4.69, 9.17) is 0 Å². The molecule has 4 nitrogen and oxygen atoms in total. The van der Waals surface area contributed by atoms with Crippen molar-refractivity contribution in [1.29, 1.82) is 0 Å². The predicted octanol–water partition coefficient (Wildman–Crippen LogP) is 4.72. The van der Waals surface area contributed by atoms with Crippen molar-refractivity contribution in [2.45, 2.75) is 52.0 Å². The lowest BCUT2D eigenvalue weighted by atomic mass is 9.79. The van der Waals surface area contributed by atoms with Gasteiger partial charge in [-0.1, -0.05) is 19.9 Å². The first-order chi connectivity index (χ1) is 12.3. The highest BCUT2D eigenvalue weighted by Gasteiger charge is 2.36. The lowest BCUT2D eigenvalue weighted by Gasteiger charge is -2.47. The van der Waals surface area contributed by atoms with Gasteiger partial charge in [0.05, 0.1) is 4.91 Å². The molecule has 1 atom stereocenters. The standard InChI is InChI=1S/C21H29N3OS/c1-7-10-24-17-9-8-15(11-16(17)14(2)13-21(24,3)4)12-18-19(25)23(6)20(22-5)26-18/h8-9,11-12,14H,7,10,13H2,1-6H3/b18-12+,22-20?. The molecule has 0 aromatic heterocycles. The molecule has 0 bridgehead atoms. The molecule has 5 heteroatoms. The van der Waals surface area contributed by atoms with E-state index in [1.807, 2.05) is 6.08 Å². The van der Waals surface area contributed by atoms with Gasteiger partial charge >= 0.3 is 0 Å². The van der Waals surface area contributed by atoms with Crippen molar-refractivity contribution >= 4 is 34.6 Å². The fraction of sp³-hybridized carbons (Fsp3) is 0.524. The number of hydrogen-bond donors (Lipinski definition) is 0. The molecule has 1 amide bonds. The largest absolute Gasteiger partial charge is 0.366 e. The summed E-state index contributed by atoms with van der Waals surface area (Å²) in [5.41, 5.74) is 4.00. The van der Waals surface area contributed by atoms with Crippen LogP contribution in [0.2, 0.25) is 0 Å². The topological polar surface area (TPSA) is 35.9 Å². The normalized spacial score (nSPS) is 25.3. The van der Waals surface area contributed by atoms with E-state index in [0.717, 1.165) is 35.0 Å². The van der Waals surface area contributed by atoms with E-state index in [9.17, 15) is 4.79 Å². The fourth-order valence-electron chi connectivity index (χ4n) is 4.15. The molecular formula is C21H29N3OS. The Kier molecular flexibility index (Phi) is 5.20. The summed E-state index contributed by atoms with van der Waals surface area (Å²) in [5, 5.41) is 0.753. The van der Waals surface area contributed by atoms with Crippen molar-refractivity contribution in [3.05, 3.63) is 34.2 Å². The molecule has 1 fully saturated rings. The molecule has 26 heavy (non-hydrogen) atoms. The van der Waals surface area contributed by atoms with E-state index in [0.29, 0.717) is 5.92 Å². The van der Waals surface area contributed by atoms with Crippen LogP contribution in [0.25, 0.3) is 6.08 Å². The van der Waals surface area contributed by atoms with E-state index in [2.05, 4.69) is 55.8 Å². The van der Waals surface area contributed by atoms with Crippen molar-refractivity contribution in [3.63, 3.8) is 0 Å². The number of anilines is 1. The van der Waals surface area contributed by atoms with E-state index in [-0.39, 0.29) is 11.4 Å². The van der Waals surface area contributed by atoms with Crippen LogP contribution in [0.3, 0.4) is 0 Å². The number of likely N-dealkylation sites (N-methyl/N-ethyl adjacent to an activating group) is 1.